The van der Waals surface area contributed by atoms with Gasteiger partial charge in [-0.05, 0) is 25.0 Å². The van der Waals surface area contributed by atoms with Crippen molar-refractivity contribution < 1.29 is 9.18 Å². The number of aromatic nitrogens is 2. The summed E-state index contributed by atoms with van der Waals surface area (Å²) in [7, 11) is 0. The van der Waals surface area contributed by atoms with Crippen molar-refractivity contribution >= 4 is 22.6 Å². The minimum Gasteiger partial charge on any atom is -0.354 e. The summed E-state index contributed by atoms with van der Waals surface area (Å²) < 4.78 is 13.8. The van der Waals surface area contributed by atoms with Gasteiger partial charge in [0.15, 0.2) is 0 Å². The predicted molar refractivity (Wildman–Crippen MR) is 78.5 cm³/mol. The van der Waals surface area contributed by atoms with Gasteiger partial charge >= 0.3 is 0 Å². The molecule has 1 aromatic carbocycles. The van der Waals surface area contributed by atoms with E-state index in [0.717, 1.165) is 25.2 Å². The first-order valence-corrected chi connectivity index (χ1v) is 7.06. The molecule has 1 fully saturated rings. The average molecular weight is 288 g/mol. The van der Waals surface area contributed by atoms with E-state index in [9.17, 15) is 9.18 Å². The Labute approximate surface area is 122 Å². The molecule has 1 amide bonds. The zero-order valence-electron chi connectivity index (χ0n) is 11.8. The van der Waals surface area contributed by atoms with Crippen molar-refractivity contribution in [1.29, 1.82) is 0 Å². The molecule has 2 aromatic rings. The van der Waals surface area contributed by atoms with Crippen LogP contribution in [0, 0.1) is 5.82 Å². The minimum absolute atomic E-state index is 0.0274. The number of carbonyl (C=O) groups excluding carboxylic acids is 1. The Morgan fingerprint density at radius 1 is 1.43 bits per heavy atom. The lowest BCUT2D eigenvalue weighted by molar-refractivity contribution is -0.119. The Bertz CT molecular complexity index is 676. The van der Waals surface area contributed by atoms with Gasteiger partial charge in [0.1, 0.15) is 23.5 Å². The second kappa shape index (κ2) is 5.63. The molecule has 3 rings (SSSR count). The Kier molecular flexibility index (Phi) is 3.68. The van der Waals surface area contributed by atoms with Crippen molar-refractivity contribution in [3.8, 4) is 0 Å². The predicted octanol–water partition coefficient (Wildman–Crippen LogP) is 1.87. The molecule has 1 unspecified atom stereocenters. The van der Waals surface area contributed by atoms with Gasteiger partial charge in [0.05, 0.1) is 0 Å². The highest BCUT2D eigenvalue weighted by Gasteiger charge is 2.23. The molecule has 0 bridgehead atoms. The smallest absolute Gasteiger partial charge is 0.217 e. The summed E-state index contributed by atoms with van der Waals surface area (Å²) in [4.78, 5) is 21.6. The van der Waals surface area contributed by atoms with Gasteiger partial charge < -0.3 is 10.2 Å². The molecule has 0 aliphatic carbocycles. The SMILES string of the molecule is CC(=O)NC1CCCN(c2ncnc3c(F)cccc23)C1. The number of rotatable bonds is 2. The first-order valence-electron chi connectivity index (χ1n) is 7.06. The Hall–Kier alpha value is -2.24. The van der Waals surface area contributed by atoms with E-state index in [1.807, 2.05) is 6.07 Å². The van der Waals surface area contributed by atoms with Crippen LogP contribution in [0.5, 0.6) is 0 Å². The lowest BCUT2D eigenvalue weighted by Gasteiger charge is -2.34. The number of anilines is 1. The van der Waals surface area contributed by atoms with Gasteiger partial charge in [0, 0.05) is 31.4 Å². The van der Waals surface area contributed by atoms with Crippen LogP contribution < -0.4 is 10.2 Å². The molecule has 0 saturated carbocycles. The normalized spacial score (nSPS) is 18.8. The van der Waals surface area contributed by atoms with Crippen LogP contribution in [-0.4, -0.2) is 35.0 Å². The molecular formula is C15H17FN4O. The standard InChI is InChI=1S/C15H17FN4O/c1-10(21)19-11-4-3-7-20(8-11)15-12-5-2-6-13(16)14(12)17-9-18-15/h2,5-6,9,11H,3-4,7-8H2,1H3,(H,19,21). The molecule has 21 heavy (non-hydrogen) atoms. The van der Waals surface area contributed by atoms with E-state index in [-0.39, 0.29) is 17.8 Å². The number of piperidine rings is 1. The summed E-state index contributed by atoms with van der Waals surface area (Å²) >= 11 is 0. The summed E-state index contributed by atoms with van der Waals surface area (Å²) in [6.45, 7) is 3.05. The van der Waals surface area contributed by atoms with Gasteiger partial charge in [0.25, 0.3) is 0 Å². The number of hydrogen-bond donors (Lipinski definition) is 1. The number of amides is 1. The first kappa shape index (κ1) is 13.7. The minimum atomic E-state index is -0.341. The third kappa shape index (κ3) is 2.79. The van der Waals surface area contributed by atoms with Crippen LogP contribution >= 0.6 is 0 Å². The quantitative estimate of drug-likeness (QED) is 0.916. The Morgan fingerprint density at radius 2 is 2.29 bits per heavy atom. The highest BCUT2D eigenvalue weighted by Crippen LogP contribution is 2.26. The van der Waals surface area contributed by atoms with Crippen LogP contribution in [0.1, 0.15) is 19.8 Å². The molecule has 1 N–H and O–H groups in total. The summed E-state index contributed by atoms with van der Waals surface area (Å²) in [6, 6.07) is 5.00. The number of carbonyl (C=O) groups is 1. The van der Waals surface area contributed by atoms with Crippen LogP contribution in [0.15, 0.2) is 24.5 Å². The number of para-hydroxylation sites is 1. The summed E-state index contributed by atoms with van der Waals surface area (Å²) in [6.07, 6.45) is 3.31. The van der Waals surface area contributed by atoms with Gasteiger partial charge in [-0.3, -0.25) is 4.79 Å². The van der Waals surface area contributed by atoms with Crippen molar-refractivity contribution in [3.05, 3.63) is 30.3 Å². The molecule has 6 heteroatoms. The third-order valence-electron chi connectivity index (χ3n) is 3.72. The molecule has 5 nitrogen and oxygen atoms in total. The van der Waals surface area contributed by atoms with Crippen molar-refractivity contribution in [2.24, 2.45) is 0 Å². The maximum absolute atomic E-state index is 13.8. The van der Waals surface area contributed by atoms with Crippen molar-refractivity contribution in [1.82, 2.24) is 15.3 Å². The highest BCUT2D eigenvalue weighted by atomic mass is 19.1. The summed E-state index contributed by atoms with van der Waals surface area (Å²) in [5.41, 5.74) is 0.337. The highest BCUT2D eigenvalue weighted by molar-refractivity contribution is 5.89. The number of halogens is 1. The van der Waals surface area contributed by atoms with Crippen LogP contribution in [0.4, 0.5) is 10.2 Å². The molecule has 2 heterocycles. The second-order valence-corrected chi connectivity index (χ2v) is 5.32. The maximum atomic E-state index is 13.8. The molecule has 0 spiro atoms. The number of nitrogens with one attached hydrogen (secondary N) is 1. The summed E-state index contributed by atoms with van der Waals surface area (Å²) in [5, 5.41) is 3.65. The van der Waals surface area contributed by atoms with E-state index >= 15 is 0 Å². The van der Waals surface area contributed by atoms with Crippen LogP contribution in [-0.2, 0) is 4.79 Å². The molecule has 1 saturated heterocycles. The van der Waals surface area contributed by atoms with E-state index in [4.69, 9.17) is 0 Å². The maximum Gasteiger partial charge on any atom is 0.217 e. The molecule has 1 aliphatic rings. The van der Waals surface area contributed by atoms with Gasteiger partial charge in [0.2, 0.25) is 5.91 Å². The zero-order valence-corrected chi connectivity index (χ0v) is 11.8. The molecule has 110 valence electrons. The fraction of sp³-hybridized carbons (Fsp3) is 0.400. The van der Waals surface area contributed by atoms with E-state index in [1.54, 1.807) is 6.07 Å². The second-order valence-electron chi connectivity index (χ2n) is 5.32. The fourth-order valence-electron chi connectivity index (χ4n) is 2.86. The Morgan fingerprint density at radius 3 is 3.10 bits per heavy atom. The average Bonchev–Trinajstić information content (AvgIpc) is 2.47. The van der Waals surface area contributed by atoms with E-state index in [2.05, 4.69) is 20.2 Å². The number of benzene rings is 1. The third-order valence-corrected chi connectivity index (χ3v) is 3.72. The lowest BCUT2D eigenvalue weighted by atomic mass is 10.0. The van der Waals surface area contributed by atoms with Crippen molar-refractivity contribution in [3.63, 3.8) is 0 Å². The van der Waals surface area contributed by atoms with Crippen molar-refractivity contribution in [2.75, 3.05) is 18.0 Å². The van der Waals surface area contributed by atoms with Gasteiger partial charge in [-0.15, -0.1) is 0 Å². The van der Waals surface area contributed by atoms with Gasteiger partial charge in [-0.1, -0.05) is 6.07 Å². The first-order chi connectivity index (χ1) is 10.1. The number of hydrogen-bond acceptors (Lipinski definition) is 4. The monoisotopic (exact) mass is 288 g/mol. The van der Waals surface area contributed by atoms with Crippen LogP contribution in [0.3, 0.4) is 0 Å². The topological polar surface area (TPSA) is 58.1 Å². The van der Waals surface area contributed by atoms with E-state index in [1.165, 1.54) is 19.3 Å². The van der Waals surface area contributed by atoms with Gasteiger partial charge in [-0.25, -0.2) is 14.4 Å². The van der Waals surface area contributed by atoms with Gasteiger partial charge in [-0.2, -0.15) is 0 Å². The molecule has 0 radical (unpaired) electrons. The summed E-state index contributed by atoms with van der Waals surface area (Å²) in [5.74, 6) is 0.363. The fourth-order valence-corrected chi connectivity index (χ4v) is 2.86. The molecule has 1 aromatic heterocycles. The van der Waals surface area contributed by atoms with E-state index < -0.39 is 0 Å². The lowest BCUT2D eigenvalue weighted by Crippen LogP contribution is -2.47. The largest absolute Gasteiger partial charge is 0.354 e. The van der Waals surface area contributed by atoms with Crippen LogP contribution in [0.25, 0.3) is 10.9 Å². The molecule has 1 atom stereocenters. The Balaban J connectivity index is 1.93. The molecular weight excluding hydrogens is 271 g/mol. The zero-order chi connectivity index (χ0) is 14.8. The van der Waals surface area contributed by atoms with Crippen molar-refractivity contribution in [2.45, 2.75) is 25.8 Å². The molecule has 1 aliphatic heterocycles. The van der Waals surface area contributed by atoms with Crippen LogP contribution in [0.2, 0.25) is 0 Å². The van der Waals surface area contributed by atoms with E-state index in [0.29, 0.717) is 17.4 Å². The number of nitrogens with zero attached hydrogens (tertiary/aromatic N) is 3. The number of fused-ring (bicyclic) bond motifs is 1.